The lowest BCUT2D eigenvalue weighted by molar-refractivity contribution is -0.119. The van der Waals surface area contributed by atoms with Gasteiger partial charge in [-0.05, 0) is 59.3 Å². The zero-order valence-electron chi connectivity index (χ0n) is 18.2. The molecule has 2 amide bonds. The zero-order chi connectivity index (χ0) is 23.8. The molecule has 6 nitrogen and oxygen atoms in total. The molecular weight excluding hydrogens is 448 g/mol. The van der Waals surface area contributed by atoms with Gasteiger partial charge in [0.15, 0.2) is 6.61 Å². The van der Waals surface area contributed by atoms with Gasteiger partial charge in [-0.3, -0.25) is 9.59 Å². The average Bonchev–Trinajstić information content (AvgIpc) is 3.40. The van der Waals surface area contributed by atoms with Crippen LogP contribution in [0.2, 0.25) is 0 Å². The maximum atomic E-state index is 12.4. The lowest BCUT2D eigenvalue weighted by atomic mass is 10.0. The Kier molecular flexibility index (Phi) is 7.47. The molecule has 4 rings (SSSR count). The van der Waals surface area contributed by atoms with Gasteiger partial charge < -0.3 is 15.4 Å². The third-order valence-electron chi connectivity index (χ3n) is 4.99. The number of thiophene rings is 1. The van der Waals surface area contributed by atoms with E-state index >= 15 is 0 Å². The van der Waals surface area contributed by atoms with E-state index in [0.717, 1.165) is 11.1 Å². The van der Waals surface area contributed by atoms with Gasteiger partial charge >= 0.3 is 5.97 Å². The van der Waals surface area contributed by atoms with Crippen molar-refractivity contribution in [2.24, 2.45) is 0 Å². The molecule has 34 heavy (non-hydrogen) atoms. The van der Waals surface area contributed by atoms with E-state index in [2.05, 4.69) is 10.6 Å². The monoisotopic (exact) mass is 470 g/mol. The summed E-state index contributed by atoms with van der Waals surface area (Å²) >= 11 is 1.35. The van der Waals surface area contributed by atoms with Crippen LogP contribution in [-0.4, -0.2) is 24.4 Å². The molecule has 0 saturated heterocycles. The highest BCUT2D eigenvalue weighted by atomic mass is 32.1. The molecule has 0 unspecified atom stereocenters. The van der Waals surface area contributed by atoms with Crippen molar-refractivity contribution in [2.75, 3.05) is 17.2 Å². The summed E-state index contributed by atoms with van der Waals surface area (Å²) in [6.45, 7) is -0.407. The number of benzene rings is 3. The summed E-state index contributed by atoms with van der Waals surface area (Å²) in [4.78, 5) is 37.5. The molecule has 3 aromatic carbocycles. The Labute approximate surface area is 201 Å². The van der Waals surface area contributed by atoms with Gasteiger partial charge in [-0.25, -0.2) is 4.79 Å². The fourth-order valence-electron chi connectivity index (χ4n) is 3.30. The zero-order valence-corrected chi connectivity index (χ0v) is 19.0. The molecule has 0 spiro atoms. The van der Waals surface area contributed by atoms with Gasteiger partial charge in [-0.2, -0.15) is 0 Å². The lowest BCUT2D eigenvalue weighted by Gasteiger charge is -2.12. The number of anilines is 2. The van der Waals surface area contributed by atoms with Crippen molar-refractivity contribution in [1.29, 1.82) is 0 Å². The predicted molar refractivity (Wildman–Crippen MR) is 133 cm³/mol. The topological polar surface area (TPSA) is 84.5 Å². The largest absolute Gasteiger partial charge is 0.452 e. The molecule has 1 aromatic heterocycles. The minimum Gasteiger partial charge on any atom is -0.452 e. The quantitative estimate of drug-likeness (QED) is 0.338. The summed E-state index contributed by atoms with van der Waals surface area (Å²) in [6.07, 6.45) is 0.673. The summed E-state index contributed by atoms with van der Waals surface area (Å²) in [5, 5.41) is 7.41. The molecule has 0 radical (unpaired) electrons. The van der Waals surface area contributed by atoms with Crippen LogP contribution in [0.1, 0.15) is 31.2 Å². The molecule has 1 heterocycles. The first-order valence-electron chi connectivity index (χ1n) is 10.6. The molecule has 4 aromatic rings. The van der Waals surface area contributed by atoms with Crippen molar-refractivity contribution in [3.05, 3.63) is 118 Å². The van der Waals surface area contributed by atoms with Crippen LogP contribution in [0, 0.1) is 0 Å². The molecule has 0 aliphatic heterocycles. The predicted octanol–water partition coefficient (Wildman–Crippen LogP) is 5.39. The van der Waals surface area contributed by atoms with Gasteiger partial charge in [0.05, 0.1) is 10.4 Å². The first kappa shape index (κ1) is 22.9. The Balaban J connectivity index is 1.29. The molecule has 0 aliphatic carbocycles. The van der Waals surface area contributed by atoms with Crippen molar-refractivity contribution in [3.8, 4) is 0 Å². The van der Waals surface area contributed by atoms with Gasteiger partial charge in [0.1, 0.15) is 0 Å². The number of ether oxygens (including phenoxy) is 1. The van der Waals surface area contributed by atoms with Gasteiger partial charge in [-0.15, -0.1) is 11.3 Å². The van der Waals surface area contributed by atoms with Crippen LogP contribution in [0.25, 0.3) is 0 Å². The Hall–Kier alpha value is -4.23. The van der Waals surface area contributed by atoms with E-state index in [1.165, 1.54) is 11.3 Å². The van der Waals surface area contributed by atoms with Crippen molar-refractivity contribution < 1.29 is 19.1 Å². The Morgan fingerprint density at radius 2 is 1.50 bits per heavy atom. The van der Waals surface area contributed by atoms with Crippen molar-refractivity contribution in [1.82, 2.24) is 0 Å². The van der Waals surface area contributed by atoms with E-state index in [9.17, 15) is 14.4 Å². The molecule has 0 bridgehead atoms. The molecule has 0 aliphatic rings. The van der Waals surface area contributed by atoms with Crippen LogP contribution in [0.4, 0.5) is 11.4 Å². The second kappa shape index (κ2) is 11.1. The van der Waals surface area contributed by atoms with Crippen LogP contribution in [0.15, 0.2) is 96.4 Å². The van der Waals surface area contributed by atoms with E-state index in [4.69, 9.17) is 4.74 Å². The summed E-state index contributed by atoms with van der Waals surface area (Å²) in [7, 11) is 0. The number of hydrogen-bond acceptors (Lipinski definition) is 5. The maximum absolute atomic E-state index is 12.4. The number of carbonyl (C=O) groups excluding carboxylic acids is 3. The average molecular weight is 471 g/mol. The van der Waals surface area contributed by atoms with Crippen molar-refractivity contribution in [2.45, 2.75) is 6.42 Å². The van der Waals surface area contributed by atoms with E-state index in [-0.39, 0.29) is 11.5 Å². The summed E-state index contributed by atoms with van der Waals surface area (Å²) in [5.41, 5.74) is 3.62. The molecule has 7 heteroatoms. The van der Waals surface area contributed by atoms with E-state index in [0.29, 0.717) is 22.7 Å². The molecule has 0 fully saturated rings. The number of carbonyl (C=O) groups is 3. The van der Waals surface area contributed by atoms with Crippen molar-refractivity contribution in [3.63, 3.8) is 0 Å². The van der Waals surface area contributed by atoms with Crippen LogP contribution in [-0.2, 0) is 16.0 Å². The highest BCUT2D eigenvalue weighted by Crippen LogP contribution is 2.19. The van der Waals surface area contributed by atoms with Gasteiger partial charge in [0.2, 0.25) is 0 Å². The highest BCUT2D eigenvalue weighted by Gasteiger charge is 2.13. The third-order valence-corrected chi connectivity index (χ3v) is 5.86. The van der Waals surface area contributed by atoms with Crippen LogP contribution in [0.5, 0.6) is 0 Å². The van der Waals surface area contributed by atoms with E-state index < -0.39 is 18.5 Å². The Morgan fingerprint density at radius 3 is 2.24 bits per heavy atom. The standard InChI is InChI=1S/C27H22N2O4S/c30-25(29-23-10-5-4-9-21(23)17-19-7-2-1-3-8-19)18-33-27(32)20-12-14-22(15-13-20)28-26(31)24-11-6-16-34-24/h1-16H,17-18H2,(H,28,31)(H,29,30). The fraction of sp³-hybridized carbons (Fsp3) is 0.0741. The second-order valence-electron chi connectivity index (χ2n) is 7.45. The molecule has 0 atom stereocenters. The molecule has 0 saturated carbocycles. The van der Waals surface area contributed by atoms with Gasteiger partial charge in [0, 0.05) is 11.4 Å². The van der Waals surface area contributed by atoms with Crippen LogP contribution >= 0.6 is 11.3 Å². The summed E-state index contributed by atoms with van der Waals surface area (Å²) in [5.74, 6) is -1.26. The first-order chi connectivity index (χ1) is 16.6. The number of amides is 2. The lowest BCUT2D eigenvalue weighted by Crippen LogP contribution is -2.21. The first-order valence-corrected chi connectivity index (χ1v) is 11.5. The Morgan fingerprint density at radius 1 is 0.765 bits per heavy atom. The smallest absolute Gasteiger partial charge is 0.338 e. The normalized spacial score (nSPS) is 10.4. The SMILES string of the molecule is O=C(COC(=O)c1ccc(NC(=O)c2cccs2)cc1)Nc1ccccc1Cc1ccccc1. The second-order valence-corrected chi connectivity index (χ2v) is 8.40. The van der Waals surface area contributed by atoms with Crippen molar-refractivity contribution >= 4 is 40.5 Å². The van der Waals surface area contributed by atoms with E-state index in [1.54, 1.807) is 36.4 Å². The highest BCUT2D eigenvalue weighted by molar-refractivity contribution is 7.12. The summed E-state index contributed by atoms with van der Waals surface area (Å²) in [6, 6.07) is 27.3. The van der Waals surface area contributed by atoms with Crippen LogP contribution < -0.4 is 10.6 Å². The summed E-state index contributed by atoms with van der Waals surface area (Å²) < 4.78 is 5.16. The number of hydrogen-bond donors (Lipinski definition) is 2. The fourth-order valence-corrected chi connectivity index (χ4v) is 3.92. The maximum Gasteiger partial charge on any atom is 0.338 e. The molecule has 170 valence electrons. The van der Waals surface area contributed by atoms with Gasteiger partial charge in [-0.1, -0.05) is 54.6 Å². The third kappa shape index (κ3) is 6.17. The number of para-hydroxylation sites is 1. The molecular formula is C27H22N2O4S. The minimum absolute atomic E-state index is 0.213. The van der Waals surface area contributed by atoms with E-state index in [1.807, 2.05) is 60.0 Å². The number of esters is 1. The Bertz CT molecular complexity index is 1270. The van der Waals surface area contributed by atoms with Crippen LogP contribution in [0.3, 0.4) is 0 Å². The number of rotatable bonds is 8. The van der Waals surface area contributed by atoms with Gasteiger partial charge in [0.25, 0.3) is 11.8 Å². The minimum atomic E-state index is -0.621. The molecule has 2 N–H and O–H groups in total. The number of nitrogens with one attached hydrogen (secondary N) is 2.